The Balaban J connectivity index is 2.39. The van der Waals surface area contributed by atoms with E-state index in [4.69, 9.17) is 16.9 Å². The summed E-state index contributed by atoms with van der Waals surface area (Å²) in [6.45, 7) is 3.54. The predicted octanol–water partition coefficient (Wildman–Crippen LogP) is 2.35. The van der Waals surface area contributed by atoms with E-state index in [-0.39, 0.29) is 21.3 Å². The molecule has 1 heterocycles. The monoisotopic (exact) mass is 310 g/mol. The number of rotatable bonds is 3. The van der Waals surface area contributed by atoms with Crippen LogP contribution in [0.3, 0.4) is 0 Å². The zero-order chi connectivity index (χ0) is 14.9. The van der Waals surface area contributed by atoms with Crippen molar-refractivity contribution in [2.75, 3.05) is 4.72 Å². The van der Waals surface area contributed by atoms with E-state index in [1.54, 1.807) is 13.8 Å². The third kappa shape index (κ3) is 2.61. The van der Waals surface area contributed by atoms with Crippen LogP contribution in [0.15, 0.2) is 23.1 Å². The summed E-state index contributed by atoms with van der Waals surface area (Å²) in [6, 6.07) is 5.79. The van der Waals surface area contributed by atoms with Gasteiger partial charge in [-0.3, -0.25) is 9.82 Å². The number of anilines is 1. The summed E-state index contributed by atoms with van der Waals surface area (Å²) in [5.41, 5.74) is 1.71. The van der Waals surface area contributed by atoms with Crippen LogP contribution in [0.2, 0.25) is 5.02 Å². The Labute approximate surface area is 121 Å². The molecule has 2 aromatic rings. The van der Waals surface area contributed by atoms with Crippen molar-refractivity contribution in [3.63, 3.8) is 0 Å². The first-order valence-electron chi connectivity index (χ1n) is 5.59. The van der Waals surface area contributed by atoms with E-state index < -0.39 is 10.0 Å². The molecule has 0 aliphatic carbocycles. The topological polar surface area (TPSA) is 98.6 Å². The SMILES string of the molecule is Cc1[nH]nc(NS(=O)(=O)c2ccc(C#N)c(Cl)c2)c1C. The molecule has 104 valence electrons. The second kappa shape index (κ2) is 5.15. The molecule has 20 heavy (non-hydrogen) atoms. The van der Waals surface area contributed by atoms with Crippen LogP contribution in [0.25, 0.3) is 0 Å². The zero-order valence-electron chi connectivity index (χ0n) is 10.7. The first-order chi connectivity index (χ1) is 9.35. The van der Waals surface area contributed by atoms with Gasteiger partial charge in [0.15, 0.2) is 5.82 Å². The summed E-state index contributed by atoms with van der Waals surface area (Å²) in [4.78, 5) is -0.0263. The van der Waals surface area contributed by atoms with Crippen molar-refractivity contribution in [1.29, 1.82) is 5.26 Å². The molecule has 0 aliphatic rings. The third-order valence-electron chi connectivity index (χ3n) is 2.86. The number of aryl methyl sites for hydroxylation is 1. The molecule has 0 spiro atoms. The first-order valence-corrected chi connectivity index (χ1v) is 7.45. The molecule has 0 atom stereocenters. The molecule has 8 heteroatoms. The van der Waals surface area contributed by atoms with E-state index >= 15 is 0 Å². The lowest BCUT2D eigenvalue weighted by Gasteiger charge is -2.07. The molecule has 2 N–H and O–H groups in total. The minimum atomic E-state index is -3.80. The summed E-state index contributed by atoms with van der Waals surface area (Å²) < 4.78 is 26.8. The van der Waals surface area contributed by atoms with E-state index in [2.05, 4.69) is 14.9 Å². The van der Waals surface area contributed by atoms with E-state index in [1.807, 2.05) is 6.07 Å². The maximum absolute atomic E-state index is 12.2. The third-order valence-corrected chi connectivity index (χ3v) is 4.50. The molecular weight excluding hydrogens is 300 g/mol. The maximum Gasteiger partial charge on any atom is 0.263 e. The summed E-state index contributed by atoms with van der Waals surface area (Å²) >= 11 is 5.84. The van der Waals surface area contributed by atoms with Crippen molar-refractivity contribution in [2.45, 2.75) is 18.7 Å². The minimum Gasteiger partial charge on any atom is -0.280 e. The highest BCUT2D eigenvalue weighted by Gasteiger charge is 2.18. The molecule has 0 bridgehead atoms. The minimum absolute atomic E-state index is 0.0263. The molecule has 0 aliphatic heterocycles. The Kier molecular flexibility index (Phi) is 3.70. The molecule has 6 nitrogen and oxygen atoms in total. The van der Waals surface area contributed by atoms with Crippen LogP contribution in [0.5, 0.6) is 0 Å². The highest BCUT2D eigenvalue weighted by molar-refractivity contribution is 7.92. The molecule has 1 aromatic carbocycles. The normalized spacial score (nSPS) is 11.1. The highest BCUT2D eigenvalue weighted by Crippen LogP contribution is 2.23. The standard InChI is InChI=1S/C12H11ClN4O2S/c1-7-8(2)15-16-12(7)17-20(18,19)10-4-3-9(6-14)11(13)5-10/h3-5H,1-2H3,(H2,15,16,17). The van der Waals surface area contributed by atoms with E-state index in [1.165, 1.54) is 18.2 Å². The smallest absolute Gasteiger partial charge is 0.263 e. The van der Waals surface area contributed by atoms with Crippen molar-refractivity contribution >= 4 is 27.4 Å². The summed E-state index contributed by atoms with van der Waals surface area (Å²) in [5, 5.41) is 15.4. The van der Waals surface area contributed by atoms with Crippen LogP contribution in [-0.2, 0) is 10.0 Å². The largest absolute Gasteiger partial charge is 0.280 e. The van der Waals surface area contributed by atoms with Crippen molar-refractivity contribution < 1.29 is 8.42 Å². The Hall–Kier alpha value is -2.04. The van der Waals surface area contributed by atoms with Crippen LogP contribution in [0.1, 0.15) is 16.8 Å². The number of hydrogen-bond donors (Lipinski definition) is 2. The molecule has 1 aromatic heterocycles. The molecule has 0 amide bonds. The van der Waals surface area contributed by atoms with Crippen molar-refractivity contribution in [3.8, 4) is 6.07 Å². The Morgan fingerprint density at radius 3 is 2.60 bits per heavy atom. The molecular formula is C12H11ClN4O2S. The lowest BCUT2D eigenvalue weighted by Crippen LogP contribution is -2.14. The average molecular weight is 311 g/mol. The summed E-state index contributed by atoms with van der Waals surface area (Å²) in [5.74, 6) is 0.239. The fourth-order valence-corrected chi connectivity index (χ4v) is 2.90. The van der Waals surface area contributed by atoms with Gasteiger partial charge in [-0.15, -0.1) is 0 Å². The van der Waals surface area contributed by atoms with Crippen LogP contribution < -0.4 is 4.72 Å². The van der Waals surface area contributed by atoms with Crippen molar-refractivity contribution in [1.82, 2.24) is 10.2 Å². The molecule has 0 unspecified atom stereocenters. The van der Waals surface area contributed by atoms with Gasteiger partial charge in [0.25, 0.3) is 10.0 Å². The van der Waals surface area contributed by atoms with Gasteiger partial charge >= 0.3 is 0 Å². The van der Waals surface area contributed by atoms with Gasteiger partial charge in [0.05, 0.1) is 15.5 Å². The number of nitrogens with one attached hydrogen (secondary N) is 2. The number of nitrogens with zero attached hydrogens (tertiary/aromatic N) is 2. The molecule has 2 rings (SSSR count). The van der Waals surface area contributed by atoms with Crippen LogP contribution in [0, 0.1) is 25.2 Å². The number of nitriles is 1. The molecule has 0 fully saturated rings. The van der Waals surface area contributed by atoms with Crippen LogP contribution >= 0.6 is 11.6 Å². The van der Waals surface area contributed by atoms with Gasteiger partial charge in [-0.1, -0.05) is 11.6 Å². The Morgan fingerprint density at radius 1 is 1.40 bits per heavy atom. The fourth-order valence-electron chi connectivity index (χ4n) is 1.52. The van der Waals surface area contributed by atoms with Crippen LogP contribution in [-0.4, -0.2) is 18.6 Å². The fraction of sp³-hybridized carbons (Fsp3) is 0.167. The number of hydrogen-bond acceptors (Lipinski definition) is 4. The second-order valence-corrected chi connectivity index (χ2v) is 6.27. The van der Waals surface area contributed by atoms with Gasteiger partial charge < -0.3 is 0 Å². The van der Waals surface area contributed by atoms with Crippen molar-refractivity contribution in [3.05, 3.63) is 40.0 Å². The van der Waals surface area contributed by atoms with Crippen LogP contribution in [0.4, 0.5) is 5.82 Å². The van der Waals surface area contributed by atoms with Gasteiger partial charge in [-0.25, -0.2) is 8.42 Å². The van der Waals surface area contributed by atoms with Gasteiger partial charge in [0.2, 0.25) is 0 Å². The predicted molar refractivity (Wildman–Crippen MR) is 75.0 cm³/mol. The molecule has 0 radical (unpaired) electrons. The van der Waals surface area contributed by atoms with E-state index in [0.717, 1.165) is 5.69 Å². The van der Waals surface area contributed by atoms with Crippen molar-refractivity contribution in [2.24, 2.45) is 0 Å². The number of benzene rings is 1. The Bertz CT molecular complexity index is 805. The summed E-state index contributed by atoms with van der Waals surface area (Å²) in [6.07, 6.45) is 0. The average Bonchev–Trinajstić information content (AvgIpc) is 2.70. The zero-order valence-corrected chi connectivity index (χ0v) is 12.3. The Morgan fingerprint density at radius 2 is 2.10 bits per heavy atom. The quantitative estimate of drug-likeness (QED) is 0.909. The second-order valence-electron chi connectivity index (χ2n) is 4.18. The van der Waals surface area contributed by atoms with E-state index in [0.29, 0.717) is 5.56 Å². The summed E-state index contributed by atoms with van der Waals surface area (Å²) in [7, 11) is -3.80. The van der Waals surface area contributed by atoms with Gasteiger partial charge in [0.1, 0.15) is 6.07 Å². The number of sulfonamides is 1. The number of halogens is 1. The molecule has 0 saturated heterocycles. The van der Waals surface area contributed by atoms with E-state index in [9.17, 15) is 8.42 Å². The van der Waals surface area contributed by atoms with Gasteiger partial charge in [0, 0.05) is 11.3 Å². The highest BCUT2D eigenvalue weighted by atomic mass is 35.5. The number of H-pyrrole nitrogens is 1. The number of aromatic amines is 1. The lowest BCUT2D eigenvalue weighted by molar-refractivity contribution is 0.601. The number of aromatic nitrogens is 2. The first kappa shape index (κ1) is 14.4. The van der Waals surface area contributed by atoms with Gasteiger partial charge in [-0.05, 0) is 32.0 Å². The molecule has 0 saturated carbocycles. The van der Waals surface area contributed by atoms with Gasteiger partial charge in [-0.2, -0.15) is 10.4 Å². The maximum atomic E-state index is 12.2. The lowest BCUT2D eigenvalue weighted by atomic mass is 10.2.